The summed E-state index contributed by atoms with van der Waals surface area (Å²) in [6.45, 7) is 0. The molecule has 0 aliphatic heterocycles. The van der Waals surface area contributed by atoms with E-state index in [9.17, 15) is 52.7 Å². The summed E-state index contributed by atoms with van der Waals surface area (Å²) in [7, 11) is 0. The van der Waals surface area contributed by atoms with Gasteiger partial charge in [0.25, 0.3) is 5.79 Å². The van der Waals surface area contributed by atoms with Crippen molar-refractivity contribution >= 4 is 11.4 Å². The van der Waals surface area contributed by atoms with Crippen LogP contribution in [-0.2, 0) is 12.4 Å². The number of hydrogen-bond acceptors (Lipinski definition) is 4. The lowest BCUT2D eigenvalue weighted by atomic mass is 9.80. The van der Waals surface area contributed by atoms with Gasteiger partial charge in [0.05, 0.1) is 17.0 Å². The first-order valence-corrected chi connectivity index (χ1v) is 10.5. The molecule has 0 saturated heterocycles. The number of rotatable bonds is 5. The van der Waals surface area contributed by atoms with E-state index >= 15 is 0 Å². The molecule has 0 saturated carbocycles. The summed E-state index contributed by atoms with van der Waals surface area (Å²) in [4.78, 5) is 0. The van der Waals surface area contributed by atoms with Crippen molar-refractivity contribution in [1.82, 2.24) is 0 Å². The van der Waals surface area contributed by atoms with E-state index in [1.165, 1.54) is 0 Å². The molecule has 0 spiro atoms. The fourth-order valence-corrected chi connectivity index (χ4v) is 3.84. The molecule has 0 heterocycles. The lowest BCUT2D eigenvalue weighted by Gasteiger charge is -2.42. The maximum absolute atomic E-state index is 13.7. The van der Waals surface area contributed by atoms with Gasteiger partial charge in [-0.15, -0.1) is 0 Å². The second-order valence-corrected chi connectivity index (χ2v) is 8.25. The molecule has 4 nitrogen and oxygen atoms in total. The Morgan fingerprint density at radius 1 is 0.641 bits per heavy atom. The molecule has 1 aliphatic carbocycles. The van der Waals surface area contributed by atoms with Gasteiger partial charge < -0.3 is 20.9 Å². The minimum atomic E-state index is -6.01. The zero-order chi connectivity index (χ0) is 29.6. The van der Waals surface area contributed by atoms with E-state index in [1.54, 1.807) is 0 Å². The van der Waals surface area contributed by atoms with Gasteiger partial charge >= 0.3 is 24.7 Å². The topological polar surface area (TPSA) is 70.5 Å². The normalized spacial score (nSPS) is 17.9. The fourth-order valence-electron chi connectivity index (χ4n) is 3.84. The van der Waals surface area contributed by atoms with Crippen molar-refractivity contribution in [1.29, 1.82) is 0 Å². The van der Waals surface area contributed by atoms with Crippen molar-refractivity contribution in [3.05, 3.63) is 71.8 Å². The Kier molecular flexibility index (Phi) is 7.49. The van der Waals surface area contributed by atoms with Crippen molar-refractivity contribution in [2.75, 3.05) is 11.5 Å². The molecule has 1 atom stereocenters. The highest BCUT2D eigenvalue weighted by atomic mass is 19.4. The van der Waals surface area contributed by atoms with Crippen LogP contribution in [0.25, 0.3) is 0 Å². The van der Waals surface area contributed by atoms with Gasteiger partial charge in [-0.3, -0.25) is 0 Å². The molecule has 16 heteroatoms. The van der Waals surface area contributed by atoms with Crippen molar-refractivity contribution in [3.63, 3.8) is 0 Å². The molecule has 214 valence electrons. The monoisotopic (exact) mass is 580 g/mol. The molecule has 0 amide bonds. The van der Waals surface area contributed by atoms with Gasteiger partial charge in [-0.2, -0.15) is 52.7 Å². The highest BCUT2D eigenvalue weighted by molar-refractivity contribution is 5.53. The van der Waals surface area contributed by atoms with E-state index in [0.717, 1.165) is 12.2 Å². The van der Waals surface area contributed by atoms with Crippen LogP contribution in [0.2, 0.25) is 0 Å². The SMILES string of the molecule is Nc1ccc(OC2(Oc3ccc(N)c(C(F)(F)F)c3)C=CC=CC2C(C(F)(F)F)C(F)(F)F)cc1C(F)(F)F. The first-order chi connectivity index (χ1) is 17.6. The Bertz CT molecular complexity index is 1180. The Morgan fingerprint density at radius 3 is 1.41 bits per heavy atom. The van der Waals surface area contributed by atoms with Crippen molar-refractivity contribution < 1.29 is 62.2 Å². The van der Waals surface area contributed by atoms with Crippen LogP contribution in [0.3, 0.4) is 0 Å². The lowest BCUT2D eigenvalue weighted by molar-refractivity contribution is -0.314. The average Bonchev–Trinajstić information content (AvgIpc) is 2.74. The number of allylic oxidation sites excluding steroid dienone is 2. The van der Waals surface area contributed by atoms with Gasteiger partial charge in [0.2, 0.25) is 0 Å². The van der Waals surface area contributed by atoms with E-state index in [2.05, 4.69) is 0 Å². The van der Waals surface area contributed by atoms with Crippen LogP contribution in [0.5, 0.6) is 11.5 Å². The van der Waals surface area contributed by atoms with Gasteiger partial charge in [-0.1, -0.05) is 18.2 Å². The standard InChI is InChI=1S/C23H16F12N2O2/c24-20(25,26)14-9-11(4-6-16(14)36)38-19(39-12-5-7-17(37)15(10-12)21(27,28)29)8-2-1-3-13(19)18(22(30,31)32)23(33,34)35/h1-10,13,18H,36-37H2. The molecule has 3 rings (SSSR count). The number of ether oxygens (including phenoxy) is 2. The summed E-state index contributed by atoms with van der Waals surface area (Å²) in [6, 6.07) is 3.06. The first-order valence-electron chi connectivity index (χ1n) is 10.5. The van der Waals surface area contributed by atoms with Gasteiger partial charge in [-0.05, 0) is 36.4 Å². The second-order valence-electron chi connectivity index (χ2n) is 8.25. The molecule has 0 fully saturated rings. The number of halogens is 12. The van der Waals surface area contributed by atoms with Crippen molar-refractivity contribution in [2.24, 2.45) is 11.8 Å². The lowest BCUT2D eigenvalue weighted by Crippen LogP contribution is -2.56. The third-order valence-electron chi connectivity index (χ3n) is 5.50. The van der Waals surface area contributed by atoms with Gasteiger partial charge in [0, 0.05) is 17.5 Å². The Hall–Kier alpha value is -3.72. The quantitative estimate of drug-likeness (QED) is 0.218. The largest absolute Gasteiger partial charge is 0.448 e. The minimum absolute atomic E-state index is 0.198. The minimum Gasteiger partial charge on any atom is -0.448 e. The fraction of sp³-hybridized carbons (Fsp3) is 0.304. The maximum Gasteiger partial charge on any atom is 0.418 e. The summed E-state index contributed by atoms with van der Waals surface area (Å²) in [6.07, 6.45) is -19.8. The van der Waals surface area contributed by atoms with E-state index in [1.807, 2.05) is 0 Å². The highest BCUT2D eigenvalue weighted by Crippen LogP contribution is 2.51. The zero-order valence-electron chi connectivity index (χ0n) is 18.9. The van der Waals surface area contributed by atoms with Crippen LogP contribution in [-0.4, -0.2) is 18.1 Å². The average molecular weight is 580 g/mol. The van der Waals surface area contributed by atoms with Crippen LogP contribution in [0, 0.1) is 11.8 Å². The Labute approximate surface area is 211 Å². The van der Waals surface area contributed by atoms with E-state index in [-0.39, 0.29) is 12.1 Å². The number of anilines is 2. The van der Waals surface area contributed by atoms with E-state index < -0.39 is 76.3 Å². The highest BCUT2D eigenvalue weighted by Gasteiger charge is 2.65. The number of nitrogens with two attached hydrogens (primary N) is 2. The summed E-state index contributed by atoms with van der Waals surface area (Å²) in [5.74, 6) is -12.3. The van der Waals surface area contributed by atoms with Gasteiger partial charge in [-0.25, -0.2) is 0 Å². The summed E-state index contributed by atoms with van der Waals surface area (Å²) in [5, 5.41) is 0. The molecule has 1 aliphatic rings. The predicted octanol–water partition coefficient (Wildman–Crippen LogP) is 7.53. The molecule has 0 radical (unpaired) electrons. The third kappa shape index (κ3) is 6.47. The molecular weight excluding hydrogens is 564 g/mol. The molecule has 1 unspecified atom stereocenters. The smallest absolute Gasteiger partial charge is 0.418 e. The maximum atomic E-state index is 13.7. The van der Waals surface area contributed by atoms with Crippen LogP contribution in [0.4, 0.5) is 64.1 Å². The number of hydrogen-bond donors (Lipinski definition) is 2. The number of nitrogen functional groups attached to an aromatic ring is 2. The van der Waals surface area contributed by atoms with Crippen LogP contribution in [0.1, 0.15) is 11.1 Å². The van der Waals surface area contributed by atoms with Gasteiger partial charge in [0.1, 0.15) is 11.5 Å². The third-order valence-corrected chi connectivity index (χ3v) is 5.50. The molecule has 0 bridgehead atoms. The van der Waals surface area contributed by atoms with Gasteiger partial charge in [0.15, 0.2) is 5.92 Å². The molecule has 2 aromatic carbocycles. The number of alkyl halides is 12. The zero-order valence-corrected chi connectivity index (χ0v) is 18.9. The van der Waals surface area contributed by atoms with E-state index in [4.69, 9.17) is 20.9 Å². The molecule has 0 aromatic heterocycles. The second kappa shape index (κ2) is 9.79. The number of benzene rings is 2. The molecule has 2 aromatic rings. The predicted molar refractivity (Wildman–Crippen MR) is 113 cm³/mol. The van der Waals surface area contributed by atoms with Crippen molar-refractivity contribution in [3.8, 4) is 11.5 Å². The van der Waals surface area contributed by atoms with Crippen LogP contribution >= 0.6 is 0 Å². The summed E-state index contributed by atoms with van der Waals surface area (Å²) < 4.78 is 173. The molecular formula is C23H16F12N2O2. The summed E-state index contributed by atoms with van der Waals surface area (Å²) in [5.41, 5.74) is 5.77. The summed E-state index contributed by atoms with van der Waals surface area (Å²) >= 11 is 0. The Balaban J connectivity index is 2.25. The van der Waals surface area contributed by atoms with Crippen LogP contribution < -0.4 is 20.9 Å². The van der Waals surface area contributed by atoms with E-state index in [0.29, 0.717) is 36.4 Å². The first kappa shape index (κ1) is 29.8. The molecule has 4 N–H and O–H groups in total. The Morgan fingerprint density at radius 2 is 1.05 bits per heavy atom. The van der Waals surface area contributed by atoms with Crippen LogP contribution in [0.15, 0.2) is 60.7 Å². The van der Waals surface area contributed by atoms with Crippen molar-refractivity contribution in [2.45, 2.75) is 30.5 Å². The molecule has 39 heavy (non-hydrogen) atoms.